The fourth-order valence-electron chi connectivity index (χ4n) is 6.13. The number of fused-ring (bicyclic) bond motifs is 4. The number of carbonyl (C=O) groups excluding carboxylic acids is 1. The second-order valence-corrected chi connectivity index (χ2v) is 11.4. The highest BCUT2D eigenvalue weighted by atomic mass is 35.5. The number of aryl methyl sites for hydroxylation is 1. The molecule has 41 heavy (non-hydrogen) atoms. The average molecular weight is 573 g/mol. The van der Waals surface area contributed by atoms with Crippen molar-refractivity contribution >= 4 is 34.4 Å². The second kappa shape index (κ2) is 10.4. The molecule has 3 aliphatic rings. The van der Waals surface area contributed by atoms with Gasteiger partial charge in [-0.1, -0.05) is 44.2 Å². The molecule has 4 aromatic rings. The van der Waals surface area contributed by atoms with Crippen LogP contribution in [-0.2, 0) is 4.79 Å². The van der Waals surface area contributed by atoms with Gasteiger partial charge in [-0.3, -0.25) is 9.78 Å². The third-order valence-electron chi connectivity index (χ3n) is 8.11. The summed E-state index contributed by atoms with van der Waals surface area (Å²) in [6.07, 6.45) is 4.78. The number of pyridine rings is 2. The van der Waals surface area contributed by atoms with Crippen LogP contribution in [0.2, 0.25) is 5.02 Å². The van der Waals surface area contributed by atoms with Crippen LogP contribution in [0, 0.1) is 12.7 Å². The molecule has 7 rings (SSSR count). The van der Waals surface area contributed by atoms with E-state index >= 15 is 0 Å². The molecule has 2 atom stereocenters. The predicted octanol–water partition coefficient (Wildman–Crippen LogP) is 5.43. The number of hydrogen-bond donors (Lipinski definition) is 0. The maximum absolute atomic E-state index is 15.0. The number of anilines is 1. The van der Waals surface area contributed by atoms with Gasteiger partial charge in [0.05, 0.1) is 27.5 Å². The van der Waals surface area contributed by atoms with E-state index < -0.39 is 11.5 Å². The second-order valence-electron chi connectivity index (χ2n) is 11.0. The normalized spacial score (nSPS) is 18.4. The zero-order chi connectivity index (χ0) is 29.0. The van der Waals surface area contributed by atoms with Crippen LogP contribution in [0.1, 0.15) is 43.9 Å². The molecule has 1 unspecified atom stereocenters. The number of amides is 1. The van der Waals surface area contributed by atoms with Gasteiger partial charge in [-0.25, -0.2) is 18.7 Å². The molecule has 210 valence electrons. The van der Waals surface area contributed by atoms with E-state index in [1.165, 1.54) is 16.7 Å². The first-order chi connectivity index (χ1) is 19.7. The van der Waals surface area contributed by atoms with E-state index in [1.807, 2.05) is 31.7 Å². The standard InChI is InChI=1S/C31H30ClFN6O2/c1-5-25(40)37-15-20-11-10-19(37)16-38(20)29-22-14-23(32)27(21-8-6-7-9-24(21)33)35-30(22)39(31(41)36-29)28-18(4)12-13-34-26(28)17(2)3/h5-9,12-14,17,19-20H,1,10-11,15-16H2,2-4H3/t19-,20?/m1/s1. The van der Waals surface area contributed by atoms with Gasteiger partial charge >= 0.3 is 5.69 Å². The number of benzene rings is 1. The van der Waals surface area contributed by atoms with Crippen molar-refractivity contribution in [2.75, 3.05) is 18.0 Å². The average Bonchev–Trinajstić information content (AvgIpc) is 2.97. The number of piperazine rings is 1. The summed E-state index contributed by atoms with van der Waals surface area (Å²) in [5.41, 5.74) is 2.44. The predicted molar refractivity (Wildman–Crippen MR) is 158 cm³/mol. The van der Waals surface area contributed by atoms with Crippen molar-refractivity contribution in [2.24, 2.45) is 0 Å². The van der Waals surface area contributed by atoms with E-state index in [-0.39, 0.29) is 40.2 Å². The van der Waals surface area contributed by atoms with E-state index in [9.17, 15) is 14.0 Å². The highest BCUT2D eigenvalue weighted by Gasteiger charge is 2.42. The van der Waals surface area contributed by atoms with E-state index in [4.69, 9.17) is 16.6 Å². The van der Waals surface area contributed by atoms with Crippen molar-refractivity contribution in [1.82, 2.24) is 24.4 Å². The fraction of sp³-hybridized carbons (Fsp3) is 0.323. The molecule has 3 saturated heterocycles. The molecule has 3 fully saturated rings. The van der Waals surface area contributed by atoms with Crippen LogP contribution in [0.15, 0.2) is 60.0 Å². The number of aromatic nitrogens is 4. The SMILES string of the molecule is C=CC(=O)N1CC2CC[C@@H]1CN2c1nc(=O)n(-c2c(C)ccnc2C(C)C)c2nc(-c3ccccc3F)c(Cl)cc12. The summed E-state index contributed by atoms with van der Waals surface area (Å²) in [5.74, 6) is -0.0925. The topological polar surface area (TPSA) is 84.2 Å². The van der Waals surface area contributed by atoms with E-state index in [0.717, 1.165) is 24.1 Å². The van der Waals surface area contributed by atoms with E-state index in [2.05, 4.69) is 21.4 Å². The van der Waals surface area contributed by atoms with Crippen molar-refractivity contribution in [1.29, 1.82) is 0 Å². The summed E-state index contributed by atoms with van der Waals surface area (Å²) in [4.78, 5) is 44.5. The van der Waals surface area contributed by atoms with Crippen molar-refractivity contribution in [3.05, 3.63) is 87.8 Å². The Hall–Kier alpha value is -4.11. The first-order valence-corrected chi connectivity index (χ1v) is 14.1. The minimum absolute atomic E-state index is 0.0103. The minimum atomic E-state index is -0.514. The third kappa shape index (κ3) is 4.48. The molecule has 0 radical (unpaired) electrons. The minimum Gasteiger partial charge on any atom is -0.349 e. The van der Waals surface area contributed by atoms with Crippen molar-refractivity contribution in [2.45, 2.75) is 51.6 Å². The van der Waals surface area contributed by atoms with E-state index in [0.29, 0.717) is 35.6 Å². The Bertz CT molecular complexity index is 1770. The first-order valence-electron chi connectivity index (χ1n) is 13.7. The van der Waals surface area contributed by atoms with Gasteiger partial charge in [0.25, 0.3) is 0 Å². The highest BCUT2D eigenvalue weighted by molar-refractivity contribution is 6.33. The fourth-order valence-corrected chi connectivity index (χ4v) is 6.38. The lowest BCUT2D eigenvalue weighted by Crippen LogP contribution is -2.64. The lowest BCUT2D eigenvalue weighted by molar-refractivity contribution is -0.131. The molecule has 10 heteroatoms. The Morgan fingerprint density at radius 1 is 1.15 bits per heavy atom. The zero-order valence-corrected chi connectivity index (χ0v) is 23.9. The maximum atomic E-state index is 15.0. The first kappa shape index (κ1) is 27.1. The third-order valence-corrected chi connectivity index (χ3v) is 8.40. The maximum Gasteiger partial charge on any atom is 0.355 e. The Morgan fingerprint density at radius 2 is 1.90 bits per heavy atom. The van der Waals surface area contributed by atoms with Crippen LogP contribution in [0.25, 0.3) is 28.0 Å². The monoisotopic (exact) mass is 572 g/mol. The van der Waals surface area contributed by atoms with Crippen LogP contribution >= 0.6 is 11.6 Å². The molecule has 8 nitrogen and oxygen atoms in total. The Kier molecular flexibility index (Phi) is 6.85. The smallest absolute Gasteiger partial charge is 0.349 e. The van der Waals surface area contributed by atoms with Gasteiger partial charge in [-0.05, 0) is 61.6 Å². The van der Waals surface area contributed by atoms with E-state index in [1.54, 1.807) is 30.5 Å². The Balaban J connectivity index is 1.63. The molecule has 0 N–H and O–H groups in total. The van der Waals surface area contributed by atoms with Crippen LogP contribution in [0.4, 0.5) is 10.2 Å². The highest BCUT2D eigenvalue weighted by Crippen LogP contribution is 2.38. The molecule has 0 saturated carbocycles. The molecule has 6 heterocycles. The molecule has 1 amide bonds. The van der Waals surface area contributed by atoms with Gasteiger partial charge < -0.3 is 9.80 Å². The van der Waals surface area contributed by atoms with Crippen LogP contribution in [0.3, 0.4) is 0 Å². The van der Waals surface area contributed by atoms with Gasteiger partial charge in [-0.2, -0.15) is 4.98 Å². The zero-order valence-electron chi connectivity index (χ0n) is 23.1. The molecule has 2 bridgehead atoms. The summed E-state index contributed by atoms with van der Waals surface area (Å²) in [6.45, 7) is 10.6. The quantitative estimate of drug-likeness (QED) is 0.296. The number of nitrogens with zero attached hydrogens (tertiary/aromatic N) is 6. The number of piperidine rings is 2. The van der Waals surface area contributed by atoms with Gasteiger partial charge in [0.1, 0.15) is 11.6 Å². The molecule has 3 aromatic heterocycles. The number of rotatable bonds is 5. The van der Waals surface area contributed by atoms with Crippen molar-refractivity contribution in [3.63, 3.8) is 0 Å². The van der Waals surface area contributed by atoms with Gasteiger partial charge in [0.15, 0.2) is 5.65 Å². The number of hydrogen-bond acceptors (Lipinski definition) is 6. The summed E-state index contributed by atoms with van der Waals surface area (Å²) < 4.78 is 16.4. The van der Waals surface area contributed by atoms with Crippen molar-refractivity contribution in [3.8, 4) is 16.9 Å². The molecule has 3 aliphatic heterocycles. The van der Waals surface area contributed by atoms with Crippen LogP contribution in [0.5, 0.6) is 0 Å². The summed E-state index contributed by atoms with van der Waals surface area (Å²) >= 11 is 6.80. The Labute approximate surface area is 242 Å². The molecule has 0 aliphatic carbocycles. The summed E-state index contributed by atoms with van der Waals surface area (Å²) in [7, 11) is 0. The number of halogens is 2. The van der Waals surface area contributed by atoms with Gasteiger partial charge in [0.2, 0.25) is 5.91 Å². The summed E-state index contributed by atoms with van der Waals surface area (Å²) in [5, 5.41) is 0.815. The van der Waals surface area contributed by atoms with Crippen LogP contribution in [-0.4, -0.2) is 55.5 Å². The van der Waals surface area contributed by atoms with Gasteiger partial charge in [-0.15, -0.1) is 0 Å². The molecular weight excluding hydrogens is 543 g/mol. The van der Waals surface area contributed by atoms with Crippen molar-refractivity contribution < 1.29 is 9.18 Å². The largest absolute Gasteiger partial charge is 0.355 e. The molecular formula is C31H30ClFN6O2. The van der Waals surface area contributed by atoms with Gasteiger partial charge in [0, 0.05) is 36.9 Å². The summed E-state index contributed by atoms with van der Waals surface area (Å²) in [6, 6.07) is 9.79. The Morgan fingerprint density at radius 3 is 2.59 bits per heavy atom. The molecule has 0 spiro atoms. The lowest BCUT2D eigenvalue weighted by Gasteiger charge is -2.51. The molecule has 1 aromatic carbocycles. The lowest BCUT2D eigenvalue weighted by atomic mass is 9.90. The van der Waals surface area contributed by atoms with Crippen LogP contribution < -0.4 is 10.6 Å². The number of carbonyl (C=O) groups is 1.